The number of benzene rings is 2. The van der Waals surface area contributed by atoms with Crippen molar-refractivity contribution in [2.24, 2.45) is 0 Å². The zero-order valence-electron chi connectivity index (χ0n) is 15.0. The second kappa shape index (κ2) is 7.97. The van der Waals surface area contributed by atoms with Gasteiger partial charge in [0.05, 0.1) is 19.1 Å². The molecular formula is C18H21ClN2O4S. The molecule has 1 atom stereocenters. The van der Waals surface area contributed by atoms with E-state index in [9.17, 15) is 13.2 Å². The molecule has 1 N–H and O–H groups in total. The van der Waals surface area contributed by atoms with Gasteiger partial charge in [-0.05, 0) is 49.7 Å². The number of nitrogens with one attached hydrogen (secondary N) is 1. The lowest BCUT2D eigenvalue weighted by Gasteiger charge is -2.28. The molecule has 0 fully saturated rings. The summed E-state index contributed by atoms with van der Waals surface area (Å²) < 4.78 is 30.9. The van der Waals surface area contributed by atoms with Gasteiger partial charge in [-0.25, -0.2) is 8.42 Å². The molecule has 2 aromatic rings. The molecule has 0 spiro atoms. The Morgan fingerprint density at radius 2 is 1.92 bits per heavy atom. The fourth-order valence-electron chi connectivity index (χ4n) is 2.56. The molecule has 0 aliphatic rings. The van der Waals surface area contributed by atoms with Gasteiger partial charge in [-0.1, -0.05) is 17.7 Å². The zero-order valence-corrected chi connectivity index (χ0v) is 16.6. The molecule has 0 bridgehead atoms. The molecule has 26 heavy (non-hydrogen) atoms. The van der Waals surface area contributed by atoms with Crippen molar-refractivity contribution in [2.75, 3.05) is 23.0 Å². The molecule has 0 aliphatic heterocycles. The number of halogens is 1. The molecule has 1 amide bonds. The first kappa shape index (κ1) is 20.1. The van der Waals surface area contributed by atoms with Gasteiger partial charge in [0.25, 0.3) is 0 Å². The van der Waals surface area contributed by atoms with Crippen molar-refractivity contribution in [3.63, 3.8) is 0 Å². The number of aryl methyl sites for hydroxylation is 1. The standard InChI is InChI=1S/C18H21ClN2O4S/c1-12-10-14(19)8-9-17(12)20-18(22)13(2)21(26(4,23)24)15-6-5-7-16(11-15)25-3/h5-11,13H,1-4H3,(H,20,22)/t13-/m0/s1. The first-order valence-electron chi connectivity index (χ1n) is 7.84. The summed E-state index contributed by atoms with van der Waals surface area (Å²) in [6.45, 7) is 3.34. The number of nitrogens with zero attached hydrogens (tertiary/aromatic N) is 1. The third-order valence-electron chi connectivity index (χ3n) is 3.84. The Morgan fingerprint density at radius 1 is 1.23 bits per heavy atom. The normalized spacial score (nSPS) is 12.3. The van der Waals surface area contributed by atoms with Crippen LogP contribution in [0.4, 0.5) is 11.4 Å². The first-order chi connectivity index (χ1) is 12.1. The molecule has 0 aromatic heterocycles. The van der Waals surface area contributed by atoms with Crippen molar-refractivity contribution >= 4 is 38.9 Å². The predicted molar refractivity (Wildman–Crippen MR) is 105 cm³/mol. The summed E-state index contributed by atoms with van der Waals surface area (Å²) in [6.07, 6.45) is 1.06. The number of amides is 1. The molecule has 8 heteroatoms. The molecular weight excluding hydrogens is 376 g/mol. The maximum Gasteiger partial charge on any atom is 0.248 e. The van der Waals surface area contributed by atoms with Gasteiger partial charge in [0.1, 0.15) is 11.8 Å². The number of rotatable bonds is 6. The van der Waals surface area contributed by atoms with Crippen LogP contribution in [0.1, 0.15) is 12.5 Å². The Hall–Kier alpha value is -2.25. The molecule has 140 valence electrons. The zero-order chi connectivity index (χ0) is 19.5. The van der Waals surface area contributed by atoms with Gasteiger partial charge in [-0.3, -0.25) is 9.10 Å². The van der Waals surface area contributed by atoms with Crippen LogP contribution >= 0.6 is 11.6 Å². The maximum absolute atomic E-state index is 12.7. The van der Waals surface area contributed by atoms with E-state index in [1.54, 1.807) is 42.5 Å². The van der Waals surface area contributed by atoms with E-state index >= 15 is 0 Å². The summed E-state index contributed by atoms with van der Waals surface area (Å²) in [6, 6.07) is 10.6. The minimum absolute atomic E-state index is 0.349. The van der Waals surface area contributed by atoms with Crippen molar-refractivity contribution in [1.29, 1.82) is 0 Å². The molecule has 0 aliphatic carbocycles. The summed E-state index contributed by atoms with van der Waals surface area (Å²) in [4.78, 5) is 12.7. The van der Waals surface area contributed by atoms with Gasteiger partial charge >= 0.3 is 0 Å². The van der Waals surface area contributed by atoms with Gasteiger partial charge < -0.3 is 10.1 Å². The Kier molecular flexibility index (Phi) is 6.15. The number of hydrogen-bond donors (Lipinski definition) is 1. The summed E-state index contributed by atoms with van der Waals surface area (Å²) in [5, 5.41) is 3.31. The van der Waals surface area contributed by atoms with Crippen LogP contribution in [-0.2, 0) is 14.8 Å². The van der Waals surface area contributed by atoms with Crippen LogP contribution in [0.2, 0.25) is 5.02 Å². The molecule has 2 aromatic carbocycles. The third-order valence-corrected chi connectivity index (χ3v) is 5.32. The second-order valence-electron chi connectivity index (χ2n) is 5.88. The molecule has 0 radical (unpaired) electrons. The average molecular weight is 397 g/mol. The van der Waals surface area contributed by atoms with Gasteiger partial charge in [-0.15, -0.1) is 0 Å². The molecule has 2 rings (SSSR count). The van der Waals surface area contributed by atoms with Crippen LogP contribution in [0.15, 0.2) is 42.5 Å². The summed E-state index contributed by atoms with van der Waals surface area (Å²) in [7, 11) is -2.21. The number of carbonyl (C=O) groups excluding carboxylic acids is 1. The van der Waals surface area contributed by atoms with E-state index < -0.39 is 22.0 Å². The molecule has 0 unspecified atom stereocenters. The van der Waals surface area contributed by atoms with Gasteiger partial charge in [0.15, 0.2) is 0 Å². The first-order valence-corrected chi connectivity index (χ1v) is 10.1. The van der Waals surface area contributed by atoms with Gasteiger partial charge in [0, 0.05) is 16.8 Å². The van der Waals surface area contributed by atoms with E-state index in [1.807, 2.05) is 6.92 Å². The fraction of sp³-hybridized carbons (Fsp3) is 0.278. The van der Waals surface area contributed by atoms with Crippen LogP contribution in [0.5, 0.6) is 5.75 Å². The SMILES string of the molecule is COc1cccc(N([C@@H](C)C(=O)Nc2ccc(Cl)cc2C)S(C)(=O)=O)c1. The van der Waals surface area contributed by atoms with Gasteiger partial charge in [0.2, 0.25) is 15.9 Å². The summed E-state index contributed by atoms with van der Waals surface area (Å²) >= 11 is 5.92. The number of methoxy groups -OCH3 is 1. The van der Waals surface area contributed by atoms with Crippen molar-refractivity contribution in [3.05, 3.63) is 53.1 Å². The highest BCUT2D eigenvalue weighted by Gasteiger charge is 2.29. The topological polar surface area (TPSA) is 75.7 Å². The lowest BCUT2D eigenvalue weighted by atomic mass is 10.2. The summed E-state index contributed by atoms with van der Waals surface area (Å²) in [5.41, 5.74) is 1.71. The summed E-state index contributed by atoms with van der Waals surface area (Å²) in [5.74, 6) is 0.0426. The van der Waals surface area contributed by atoms with Crippen molar-refractivity contribution < 1.29 is 17.9 Å². The lowest BCUT2D eigenvalue weighted by Crippen LogP contribution is -2.45. The van der Waals surface area contributed by atoms with E-state index in [-0.39, 0.29) is 0 Å². The Morgan fingerprint density at radius 3 is 2.50 bits per heavy atom. The Balaban J connectivity index is 2.34. The largest absolute Gasteiger partial charge is 0.497 e. The van der Waals surface area contributed by atoms with E-state index in [0.717, 1.165) is 16.1 Å². The van der Waals surface area contributed by atoms with Crippen molar-refractivity contribution in [1.82, 2.24) is 0 Å². The number of sulfonamides is 1. The highest BCUT2D eigenvalue weighted by molar-refractivity contribution is 7.92. The smallest absolute Gasteiger partial charge is 0.248 e. The van der Waals surface area contributed by atoms with Crippen LogP contribution in [0.3, 0.4) is 0 Å². The minimum Gasteiger partial charge on any atom is -0.497 e. The fourth-order valence-corrected chi connectivity index (χ4v) is 3.95. The van der Waals surface area contributed by atoms with Crippen molar-refractivity contribution in [3.8, 4) is 5.75 Å². The number of anilines is 2. The second-order valence-corrected chi connectivity index (χ2v) is 8.18. The molecule has 0 saturated heterocycles. The monoisotopic (exact) mass is 396 g/mol. The lowest BCUT2D eigenvalue weighted by molar-refractivity contribution is -0.116. The number of hydrogen-bond acceptors (Lipinski definition) is 4. The number of ether oxygens (including phenoxy) is 1. The Bertz CT molecular complexity index is 915. The van der Waals surface area contributed by atoms with Crippen LogP contribution in [0.25, 0.3) is 0 Å². The van der Waals surface area contributed by atoms with Crippen LogP contribution in [0, 0.1) is 6.92 Å². The minimum atomic E-state index is -3.70. The predicted octanol–water partition coefficient (Wildman–Crippen LogP) is 3.45. The van der Waals surface area contributed by atoms with E-state index in [4.69, 9.17) is 16.3 Å². The highest BCUT2D eigenvalue weighted by atomic mass is 35.5. The molecule has 6 nitrogen and oxygen atoms in total. The van der Waals surface area contributed by atoms with Crippen LogP contribution < -0.4 is 14.4 Å². The van der Waals surface area contributed by atoms with Gasteiger partial charge in [-0.2, -0.15) is 0 Å². The molecule has 0 saturated carbocycles. The maximum atomic E-state index is 12.7. The van der Waals surface area contributed by atoms with E-state index in [0.29, 0.717) is 22.1 Å². The van der Waals surface area contributed by atoms with E-state index in [2.05, 4.69) is 5.32 Å². The quantitative estimate of drug-likeness (QED) is 0.811. The van der Waals surface area contributed by atoms with Crippen LogP contribution in [-0.4, -0.2) is 33.7 Å². The third kappa shape index (κ3) is 4.68. The highest BCUT2D eigenvalue weighted by Crippen LogP contribution is 2.26. The molecule has 0 heterocycles. The Labute approximate surface area is 158 Å². The van der Waals surface area contributed by atoms with E-state index in [1.165, 1.54) is 14.0 Å². The van der Waals surface area contributed by atoms with Crippen molar-refractivity contribution in [2.45, 2.75) is 19.9 Å². The number of carbonyl (C=O) groups is 1. The average Bonchev–Trinajstić information content (AvgIpc) is 2.56.